The molecule has 8 heavy (non-hydrogen) atoms. The molecular formula is C5H11ClN2. The highest BCUT2D eigenvalue weighted by atomic mass is 35.5. The molecule has 0 spiro atoms. The predicted molar refractivity (Wildman–Crippen MR) is 34.9 cm³/mol. The van der Waals surface area contributed by atoms with Gasteiger partial charge in [0.15, 0.2) is 0 Å². The van der Waals surface area contributed by atoms with Crippen LogP contribution in [0.25, 0.3) is 0 Å². The van der Waals surface area contributed by atoms with Crippen LogP contribution in [0.3, 0.4) is 0 Å². The van der Waals surface area contributed by atoms with E-state index in [0.29, 0.717) is 6.04 Å². The zero-order chi connectivity index (χ0) is 5.98. The molecule has 1 N–H and O–H groups in total. The maximum Gasteiger partial charge on any atom is 0.0360 e. The minimum absolute atomic E-state index is 0.515. The highest BCUT2D eigenvalue weighted by Crippen LogP contribution is 2.05. The van der Waals surface area contributed by atoms with Gasteiger partial charge in [-0.05, 0) is 31.8 Å². The van der Waals surface area contributed by atoms with Gasteiger partial charge in [0.25, 0.3) is 0 Å². The van der Waals surface area contributed by atoms with Gasteiger partial charge in [-0.15, -0.1) is 0 Å². The minimum Gasteiger partial charge on any atom is -0.305 e. The average molecular weight is 135 g/mol. The Morgan fingerprint density at radius 3 is 2.75 bits per heavy atom. The topological polar surface area (TPSA) is 15.3 Å². The van der Waals surface area contributed by atoms with Crippen molar-refractivity contribution < 1.29 is 0 Å². The van der Waals surface area contributed by atoms with Gasteiger partial charge in [-0.2, -0.15) is 0 Å². The molecule has 0 radical (unpaired) electrons. The Labute approximate surface area is 54.9 Å². The lowest BCUT2D eigenvalue weighted by Gasteiger charge is -2.05. The van der Waals surface area contributed by atoms with Crippen molar-refractivity contribution in [1.29, 1.82) is 0 Å². The molecular weight excluding hydrogens is 124 g/mol. The van der Waals surface area contributed by atoms with E-state index in [1.54, 1.807) is 0 Å². The van der Waals surface area contributed by atoms with Gasteiger partial charge in [0.05, 0.1) is 0 Å². The van der Waals surface area contributed by atoms with Crippen LogP contribution in [-0.4, -0.2) is 31.1 Å². The molecule has 1 aliphatic rings. The Bertz CT molecular complexity index is 76.8. The van der Waals surface area contributed by atoms with E-state index in [1.165, 1.54) is 13.0 Å². The summed E-state index contributed by atoms with van der Waals surface area (Å²) in [6.45, 7) is 2.26. The average Bonchev–Trinajstić information content (AvgIpc) is 2.14. The normalized spacial score (nSPS) is 31.5. The summed E-state index contributed by atoms with van der Waals surface area (Å²) in [5.41, 5.74) is 0. The van der Waals surface area contributed by atoms with Crippen molar-refractivity contribution in [3.8, 4) is 0 Å². The fourth-order valence-electron chi connectivity index (χ4n) is 1.02. The molecule has 48 valence electrons. The summed E-state index contributed by atoms with van der Waals surface area (Å²) in [4.78, 5) is 4.99. The summed E-state index contributed by atoms with van der Waals surface area (Å²) in [6.07, 6.45) is 1.18. The van der Waals surface area contributed by atoms with Crippen molar-refractivity contribution in [2.24, 2.45) is 0 Å². The molecule has 0 bridgehead atoms. The van der Waals surface area contributed by atoms with Crippen LogP contribution in [-0.2, 0) is 0 Å². The second-order valence-electron chi connectivity index (χ2n) is 2.36. The molecule has 0 aliphatic carbocycles. The first-order valence-corrected chi connectivity index (χ1v) is 3.25. The summed E-state index contributed by atoms with van der Waals surface area (Å²) >= 11 is 5.40. The lowest BCUT2D eigenvalue weighted by molar-refractivity contribution is 0.408. The van der Waals surface area contributed by atoms with Gasteiger partial charge in [0.1, 0.15) is 0 Å². The number of likely N-dealkylation sites (N-methyl/N-ethyl adjacent to an activating group) is 1. The highest BCUT2D eigenvalue weighted by molar-refractivity contribution is 6.13. The van der Waals surface area contributed by atoms with Crippen LogP contribution in [0.5, 0.6) is 0 Å². The Balaban J connectivity index is 2.22. The Hall–Kier alpha value is 0.210. The zero-order valence-corrected chi connectivity index (χ0v) is 5.78. The smallest absolute Gasteiger partial charge is 0.0360 e. The molecule has 1 saturated heterocycles. The molecule has 1 rings (SSSR count). The Kier molecular flexibility index (Phi) is 2.11. The van der Waals surface area contributed by atoms with Gasteiger partial charge < -0.3 is 4.90 Å². The van der Waals surface area contributed by atoms with E-state index in [-0.39, 0.29) is 0 Å². The van der Waals surface area contributed by atoms with Crippen LogP contribution in [0.1, 0.15) is 6.42 Å². The van der Waals surface area contributed by atoms with Crippen molar-refractivity contribution in [2.75, 3.05) is 20.1 Å². The third-order valence-electron chi connectivity index (χ3n) is 1.55. The third-order valence-corrected chi connectivity index (χ3v) is 1.85. The molecule has 0 amide bonds. The maximum atomic E-state index is 5.40. The number of nitrogens with one attached hydrogen (secondary N) is 1. The zero-order valence-electron chi connectivity index (χ0n) is 5.02. The number of hydrogen-bond donors (Lipinski definition) is 1. The molecule has 1 heterocycles. The largest absolute Gasteiger partial charge is 0.305 e. The summed E-state index contributed by atoms with van der Waals surface area (Å²) in [7, 11) is 2.11. The summed E-state index contributed by atoms with van der Waals surface area (Å²) in [5, 5.41) is 0. The molecule has 0 aromatic carbocycles. The van der Waals surface area contributed by atoms with Gasteiger partial charge in [0.2, 0.25) is 0 Å². The van der Waals surface area contributed by atoms with E-state index >= 15 is 0 Å². The van der Waals surface area contributed by atoms with Gasteiger partial charge in [0, 0.05) is 12.6 Å². The number of nitrogens with zero attached hydrogens (tertiary/aromatic N) is 1. The monoisotopic (exact) mass is 134 g/mol. The Morgan fingerprint density at radius 1 is 1.75 bits per heavy atom. The van der Waals surface area contributed by atoms with Gasteiger partial charge in [-0.3, -0.25) is 0 Å². The van der Waals surface area contributed by atoms with E-state index in [2.05, 4.69) is 16.8 Å². The van der Waals surface area contributed by atoms with Crippen LogP contribution in [0.4, 0.5) is 0 Å². The number of rotatable bonds is 1. The number of hydrogen-bond acceptors (Lipinski definition) is 2. The molecule has 1 atom stereocenters. The number of likely N-dealkylation sites (tertiary alicyclic amines) is 1. The fraction of sp³-hybridized carbons (Fsp3) is 1.00. The van der Waals surface area contributed by atoms with Crippen LogP contribution >= 0.6 is 11.8 Å². The van der Waals surface area contributed by atoms with Gasteiger partial charge >= 0.3 is 0 Å². The summed E-state index contributed by atoms with van der Waals surface area (Å²) in [5.74, 6) is 0. The maximum absolute atomic E-state index is 5.40. The molecule has 1 aliphatic heterocycles. The van der Waals surface area contributed by atoms with Crippen molar-refractivity contribution in [3.63, 3.8) is 0 Å². The molecule has 2 nitrogen and oxygen atoms in total. The third kappa shape index (κ3) is 1.34. The molecule has 3 heteroatoms. The molecule has 0 saturated carbocycles. The fourth-order valence-corrected chi connectivity index (χ4v) is 1.20. The van der Waals surface area contributed by atoms with E-state index in [0.717, 1.165) is 6.54 Å². The van der Waals surface area contributed by atoms with Crippen molar-refractivity contribution >= 4 is 11.8 Å². The van der Waals surface area contributed by atoms with Crippen LogP contribution in [0, 0.1) is 0 Å². The first-order valence-electron chi connectivity index (χ1n) is 2.87. The van der Waals surface area contributed by atoms with Gasteiger partial charge in [-0.25, -0.2) is 4.84 Å². The van der Waals surface area contributed by atoms with E-state index in [9.17, 15) is 0 Å². The van der Waals surface area contributed by atoms with Crippen molar-refractivity contribution in [3.05, 3.63) is 0 Å². The lowest BCUT2D eigenvalue weighted by Crippen LogP contribution is -2.24. The highest BCUT2D eigenvalue weighted by Gasteiger charge is 2.17. The standard InChI is InChI=1S/C5H11ClN2/c1-8-3-2-5(4-8)7-6/h5,7H,2-4H2,1H3/t5-/m0/s1. The molecule has 0 aromatic heterocycles. The van der Waals surface area contributed by atoms with Crippen molar-refractivity contribution in [2.45, 2.75) is 12.5 Å². The van der Waals surface area contributed by atoms with Crippen LogP contribution in [0.15, 0.2) is 0 Å². The van der Waals surface area contributed by atoms with Crippen molar-refractivity contribution in [1.82, 2.24) is 9.74 Å². The molecule has 1 fully saturated rings. The minimum atomic E-state index is 0.515. The van der Waals surface area contributed by atoms with E-state index in [1.807, 2.05) is 0 Å². The predicted octanol–water partition coefficient (Wildman–Crippen LogP) is 0.434. The molecule has 0 aromatic rings. The second-order valence-corrected chi connectivity index (χ2v) is 2.58. The lowest BCUT2D eigenvalue weighted by atomic mass is 10.3. The van der Waals surface area contributed by atoms with Crippen LogP contribution in [0.2, 0.25) is 0 Å². The number of halogens is 1. The van der Waals surface area contributed by atoms with E-state index < -0.39 is 0 Å². The summed E-state index contributed by atoms with van der Waals surface area (Å²) < 4.78 is 0. The van der Waals surface area contributed by atoms with E-state index in [4.69, 9.17) is 11.8 Å². The summed E-state index contributed by atoms with van der Waals surface area (Å²) in [6, 6.07) is 0.515. The second kappa shape index (κ2) is 2.67. The first-order chi connectivity index (χ1) is 3.83. The van der Waals surface area contributed by atoms with Crippen LogP contribution < -0.4 is 4.84 Å². The molecule has 0 unspecified atom stereocenters. The quantitative estimate of drug-likeness (QED) is 0.524. The first kappa shape index (κ1) is 6.33. The van der Waals surface area contributed by atoms with Gasteiger partial charge in [-0.1, -0.05) is 0 Å². The Morgan fingerprint density at radius 2 is 2.50 bits per heavy atom. The SMILES string of the molecule is CN1CC[C@H](NCl)C1.